The largest absolute Gasteiger partial charge is 0.478 e. The molecule has 0 heterocycles. The second-order valence-corrected chi connectivity index (χ2v) is 2.12. The molecular weight excluding hydrogens is 337 g/mol. The molecule has 0 unspecified atom stereocenters. The van der Waals surface area contributed by atoms with E-state index in [0.29, 0.717) is 5.56 Å². The van der Waals surface area contributed by atoms with Gasteiger partial charge < -0.3 is 5.11 Å². The monoisotopic (exact) mass is 345 g/mol. The SMILES string of the molecule is Cc1ccccc1C(=O)O.[Bi]. The molecule has 0 amide bonds. The number of hydrogen-bond donors (Lipinski definition) is 1. The van der Waals surface area contributed by atoms with Crippen LogP contribution in [0.4, 0.5) is 0 Å². The molecule has 0 aliphatic rings. The van der Waals surface area contributed by atoms with Crippen molar-refractivity contribution < 1.29 is 9.90 Å². The quantitative estimate of drug-likeness (QED) is 0.780. The van der Waals surface area contributed by atoms with Crippen LogP contribution in [0.3, 0.4) is 0 Å². The van der Waals surface area contributed by atoms with Gasteiger partial charge in [0, 0.05) is 26.2 Å². The fourth-order valence-electron chi connectivity index (χ4n) is 0.813. The standard InChI is InChI=1S/C8H8O2.Bi/c1-6-4-2-3-5-7(6)8(9)10;/h2-5H,1H3,(H,9,10);. The number of rotatable bonds is 1. The maximum Gasteiger partial charge on any atom is 0.335 e. The van der Waals surface area contributed by atoms with Gasteiger partial charge in [0.25, 0.3) is 0 Å². The first kappa shape index (κ1) is 10.6. The summed E-state index contributed by atoms with van der Waals surface area (Å²) in [5.74, 6) is -0.863. The molecule has 0 saturated carbocycles. The van der Waals surface area contributed by atoms with Crippen LogP contribution in [-0.4, -0.2) is 37.3 Å². The Morgan fingerprint density at radius 3 is 2.27 bits per heavy atom. The van der Waals surface area contributed by atoms with Gasteiger partial charge in [0.15, 0.2) is 0 Å². The van der Waals surface area contributed by atoms with E-state index in [4.69, 9.17) is 5.11 Å². The van der Waals surface area contributed by atoms with Gasteiger partial charge in [-0.1, -0.05) is 18.2 Å². The third-order valence-corrected chi connectivity index (χ3v) is 1.38. The summed E-state index contributed by atoms with van der Waals surface area (Å²) >= 11 is 0. The number of aryl methyl sites for hydroxylation is 1. The normalized spacial score (nSPS) is 8.45. The van der Waals surface area contributed by atoms with Crippen LogP contribution in [0.25, 0.3) is 0 Å². The Morgan fingerprint density at radius 2 is 1.91 bits per heavy atom. The second-order valence-electron chi connectivity index (χ2n) is 2.12. The van der Waals surface area contributed by atoms with Gasteiger partial charge in [0.1, 0.15) is 0 Å². The van der Waals surface area contributed by atoms with Crippen molar-refractivity contribution in [1.29, 1.82) is 0 Å². The average Bonchev–Trinajstić information content (AvgIpc) is 1.88. The minimum Gasteiger partial charge on any atom is -0.478 e. The van der Waals surface area contributed by atoms with Gasteiger partial charge in [-0.3, -0.25) is 0 Å². The molecule has 0 saturated heterocycles. The second kappa shape index (κ2) is 4.45. The predicted octanol–water partition coefficient (Wildman–Crippen LogP) is 1.31. The number of carboxylic acids is 1. The Morgan fingerprint density at radius 1 is 1.36 bits per heavy atom. The summed E-state index contributed by atoms with van der Waals surface area (Å²) in [5.41, 5.74) is 1.18. The zero-order valence-electron chi connectivity index (χ0n) is 6.11. The smallest absolute Gasteiger partial charge is 0.335 e. The number of carboxylic acid groups (broad SMARTS) is 1. The molecule has 0 aliphatic heterocycles. The maximum absolute atomic E-state index is 10.4. The van der Waals surface area contributed by atoms with Crippen LogP contribution < -0.4 is 0 Å². The third kappa shape index (κ3) is 2.59. The molecule has 0 aliphatic carbocycles. The maximum atomic E-state index is 10.4. The van der Waals surface area contributed by atoms with Crippen LogP contribution in [0.1, 0.15) is 15.9 Å². The minimum absolute atomic E-state index is 0. The van der Waals surface area contributed by atoms with Crippen molar-refractivity contribution in [2.24, 2.45) is 0 Å². The average molecular weight is 345 g/mol. The van der Waals surface area contributed by atoms with Gasteiger partial charge in [-0.05, 0) is 18.6 Å². The van der Waals surface area contributed by atoms with E-state index in [1.807, 2.05) is 6.07 Å². The summed E-state index contributed by atoms with van der Waals surface area (Å²) < 4.78 is 0. The van der Waals surface area contributed by atoms with E-state index in [0.717, 1.165) is 5.56 Å². The summed E-state index contributed by atoms with van der Waals surface area (Å²) in [6.07, 6.45) is 0. The summed E-state index contributed by atoms with van der Waals surface area (Å²) in [5, 5.41) is 8.57. The fraction of sp³-hybridized carbons (Fsp3) is 0.125. The fourth-order valence-corrected chi connectivity index (χ4v) is 0.813. The van der Waals surface area contributed by atoms with E-state index in [-0.39, 0.29) is 26.2 Å². The molecule has 1 aromatic rings. The summed E-state index contributed by atoms with van der Waals surface area (Å²) in [4.78, 5) is 10.4. The van der Waals surface area contributed by atoms with Crippen LogP contribution in [0.2, 0.25) is 0 Å². The molecule has 0 bridgehead atoms. The van der Waals surface area contributed by atoms with Gasteiger partial charge in [-0.2, -0.15) is 0 Å². The van der Waals surface area contributed by atoms with Crippen LogP contribution in [0.15, 0.2) is 24.3 Å². The van der Waals surface area contributed by atoms with Gasteiger partial charge >= 0.3 is 5.97 Å². The molecule has 57 valence electrons. The summed E-state index contributed by atoms with van der Waals surface area (Å²) in [6, 6.07) is 6.92. The molecule has 1 aromatic carbocycles. The van der Waals surface area contributed by atoms with Crippen LogP contribution >= 0.6 is 0 Å². The van der Waals surface area contributed by atoms with Crippen molar-refractivity contribution in [1.82, 2.24) is 0 Å². The van der Waals surface area contributed by atoms with Gasteiger partial charge in [-0.25, -0.2) is 4.79 Å². The van der Waals surface area contributed by atoms with E-state index in [1.165, 1.54) is 0 Å². The Hall–Kier alpha value is -0.427. The molecule has 11 heavy (non-hydrogen) atoms. The number of benzene rings is 1. The summed E-state index contributed by atoms with van der Waals surface area (Å²) in [7, 11) is 0. The van der Waals surface area contributed by atoms with Gasteiger partial charge in [0.2, 0.25) is 0 Å². The van der Waals surface area contributed by atoms with E-state index in [1.54, 1.807) is 25.1 Å². The number of carbonyl (C=O) groups is 1. The molecule has 0 fully saturated rings. The number of hydrogen-bond acceptors (Lipinski definition) is 1. The Labute approximate surface area is 84.4 Å². The predicted molar refractivity (Wildman–Crippen MR) is 43.9 cm³/mol. The third-order valence-electron chi connectivity index (χ3n) is 1.38. The molecule has 1 N–H and O–H groups in total. The van der Waals surface area contributed by atoms with Crippen molar-refractivity contribution >= 4 is 32.2 Å². The van der Waals surface area contributed by atoms with Crippen LogP contribution in [-0.2, 0) is 0 Å². The van der Waals surface area contributed by atoms with Crippen LogP contribution in [0.5, 0.6) is 0 Å². The first-order chi connectivity index (χ1) is 4.72. The molecule has 0 atom stereocenters. The Balaban J connectivity index is 0.000001000. The number of aromatic carboxylic acids is 1. The van der Waals surface area contributed by atoms with Crippen molar-refractivity contribution in [2.75, 3.05) is 0 Å². The van der Waals surface area contributed by atoms with Crippen molar-refractivity contribution in [3.63, 3.8) is 0 Å². The molecule has 0 aromatic heterocycles. The molecule has 1 rings (SSSR count). The van der Waals surface area contributed by atoms with Gasteiger partial charge in [0.05, 0.1) is 5.56 Å². The van der Waals surface area contributed by atoms with Crippen molar-refractivity contribution in [2.45, 2.75) is 6.92 Å². The Kier molecular flexibility index (Phi) is 4.28. The minimum atomic E-state index is -0.863. The molecular formula is C8H8BiO2. The van der Waals surface area contributed by atoms with E-state index in [9.17, 15) is 4.79 Å². The topological polar surface area (TPSA) is 37.3 Å². The van der Waals surface area contributed by atoms with Gasteiger partial charge in [-0.15, -0.1) is 0 Å². The first-order valence-corrected chi connectivity index (χ1v) is 3.01. The van der Waals surface area contributed by atoms with E-state index < -0.39 is 5.97 Å². The molecule has 3 radical (unpaired) electrons. The van der Waals surface area contributed by atoms with Crippen molar-refractivity contribution in [3.05, 3.63) is 35.4 Å². The molecule has 0 spiro atoms. The summed E-state index contributed by atoms with van der Waals surface area (Å²) in [6.45, 7) is 1.78. The Bertz CT molecular complexity index is 258. The zero-order valence-corrected chi connectivity index (χ0v) is 9.59. The van der Waals surface area contributed by atoms with E-state index in [2.05, 4.69) is 0 Å². The first-order valence-electron chi connectivity index (χ1n) is 3.01. The zero-order chi connectivity index (χ0) is 7.56. The van der Waals surface area contributed by atoms with Crippen molar-refractivity contribution in [3.8, 4) is 0 Å². The molecule has 2 nitrogen and oxygen atoms in total. The van der Waals surface area contributed by atoms with Crippen LogP contribution in [0, 0.1) is 6.92 Å². The van der Waals surface area contributed by atoms with E-state index >= 15 is 0 Å². The molecule has 3 heteroatoms.